The molecule has 0 radical (unpaired) electrons. The van der Waals surface area contributed by atoms with E-state index >= 15 is 0 Å². The van der Waals surface area contributed by atoms with Gasteiger partial charge in [-0.05, 0) is 18.7 Å². The quantitative estimate of drug-likeness (QED) is 0.463. The third-order valence-electron chi connectivity index (χ3n) is 2.39. The molecule has 0 bridgehead atoms. The molecule has 106 valence electrons. The summed E-state index contributed by atoms with van der Waals surface area (Å²) in [5, 5.41) is 20.8. The number of ether oxygens (including phenoxy) is 1. The number of hydrogen-bond donors (Lipinski definition) is 1. The number of nitrogens with zero attached hydrogens (tertiary/aromatic N) is 1. The van der Waals surface area contributed by atoms with Gasteiger partial charge in [0, 0.05) is 21.9 Å². The molecule has 1 N–H and O–H groups in total. The lowest BCUT2D eigenvalue weighted by Crippen LogP contribution is -2.07. The number of hydrogen-bond acceptors (Lipinski definition) is 5. The first-order valence-electron chi connectivity index (χ1n) is 5.83. The highest BCUT2D eigenvalue weighted by Gasteiger charge is 2.23. The molecule has 0 unspecified atom stereocenters. The Hall–Kier alpha value is -0.790. The predicted molar refractivity (Wildman–Crippen MR) is 79.9 cm³/mol. The smallest absolute Gasteiger partial charge is 0.312 e. The van der Waals surface area contributed by atoms with Crippen LogP contribution in [0.3, 0.4) is 0 Å². The van der Waals surface area contributed by atoms with E-state index in [-0.39, 0.29) is 11.4 Å². The predicted octanol–water partition coefficient (Wildman–Crippen LogP) is 3.54. The van der Waals surface area contributed by atoms with Crippen molar-refractivity contribution in [2.24, 2.45) is 0 Å². The minimum absolute atomic E-state index is 0.133. The molecule has 1 aromatic carbocycles. The van der Waals surface area contributed by atoms with Crippen molar-refractivity contribution in [2.75, 3.05) is 18.1 Å². The first-order chi connectivity index (χ1) is 8.97. The van der Waals surface area contributed by atoms with Crippen molar-refractivity contribution in [3.63, 3.8) is 0 Å². The molecular formula is C12H16BrNO4S. The largest absolute Gasteiger partial charge is 0.486 e. The number of thioether (sulfide) groups is 1. The lowest BCUT2D eigenvalue weighted by Gasteiger charge is -2.14. The summed E-state index contributed by atoms with van der Waals surface area (Å²) in [6.45, 7) is 3.97. The molecule has 0 spiro atoms. The number of aliphatic hydroxyl groups is 1. The van der Waals surface area contributed by atoms with Crippen molar-refractivity contribution in [2.45, 2.75) is 20.0 Å². The van der Waals surface area contributed by atoms with E-state index in [9.17, 15) is 15.2 Å². The van der Waals surface area contributed by atoms with Crippen LogP contribution in [0, 0.1) is 10.1 Å². The minimum atomic E-state index is -0.829. The van der Waals surface area contributed by atoms with E-state index in [4.69, 9.17) is 4.74 Å². The fourth-order valence-electron chi connectivity index (χ4n) is 1.55. The highest BCUT2D eigenvalue weighted by atomic mass is 79.9. The zero-order valence-electron chi connectivity index (χ0n) is 10.8. The fraction of sp³-hybridized carbons (Fsp3) is 0.500. The standard InChI is InChI=1S/C12H16BrNO4S/c1-3-19-5-4-18-12-10(8(2)15)6-9(13)7-11(12)14(16)17/h6-8,15H,3-5H2,1-2H3/t8-/m1/s1. The second-order valence-electron chi connectivity index (χ2n) is 3.82. The Labute approximate surface area is 124 Å². The molecule has 0 aliphatic rings. The van der Waals surface area contributed by atoms with Gasteiger partial charge in [-0.1, -0.05) is 22.9 Å². The van der Waals surface area contributed by atoms with Crippen molar-refractivity contribution < 1.29 is 14.8 Å². The Morgan fingerprint density at radius 1 is 1.58 bits per heavy atom. The minimum Gasteiger partial charge on any atom is -0.486 e. The van der Waals surface area contributed by atoms with Crippen LogP contribution in [0.15, 0.2) is 16.6 Å². The van der Waals surface area contributed by atoms with Gasteiger partial charge in [-0.3, -0.25) is 10.1 Å². The first kappa shape index (κ1) is 16.3. The maximum atomic E-state index is 11.1. The van der Waals surface area contributed by atoms with E-state index in [0.29, 0.717) is 16.6 Å². The van der Waals surface area contributed by atoms with Gasteiger partial charge in [0.2, 0.25) is 5.75 Å². The fourth-order valence-corrected chi connectivity index (χ4v) is 2.50. The normalized spacial score (nSPS) is 12.2. The zero-order chi connectivity index (χ0) is 14.4. The topological polar surface area (TPSA) is 72.6 Å². The van der Waals surface area contributed by atoms with Crippen LogP contribution in [0.4, 0.5) is 5.69 Å². The molecule has 0 aliphatic carbocycles. The average Bonchev–Trinajstić information content (AvgIpc) is 2.34. The van der Waals surface area contributed by atoms with Crippen molar-refractivity contribution >= 4 is 33.4 Å². The van der Waals surface area contributed by atoms with Gasteiger partial charge in [0.25, 0.3) is 0 Å². The third-order valence-corrected chi connectivity index (χ3v) is 3.71. The molecule has 0 heterocycles. The van der Waals surface area contributed by atoms with Crippen molar-refractivity contribution in [3.8, 4) is 5.75 Å². The molecule has 1 rings (SSSR count). The van der Waals surface area contributed by atoms with E-state index in [1.54, 1.807) is 24.8 Å². The molecule has 19 heavy (non-hydrogen) atoms. The van der Waals surface area contributed by atoms with E-state index in [2.05, 4.69) is 15.9 Å². The van der Waals surface area contributed by atoms with Crippen LogP contribution in [0.1, 0.15) is 25.5 Å². The Bertz CT molecular complexity index is 454. The maximum Gasteiger partial charge on any atom is 0.312 e. The lowest BCUT2D eigenvalue weighted by molar-refractivity contribution is -0.386. The van der Waals surface area contributed by atoms with Crippen molar-refractivity contribution in [1.29, 1.82) is 0 Å². The van der Waals surface area contributed by atoms with E-state index in [1.165, 1.54) is 6.07 Å². The molecule has 0 aromatic heterocycles. The van der Waals surface area contributed by atoms with Crippen LogP contribution in [-0.4, -0.2) is 28.1 Å². The summed E-state index contributed by atoms with van der Waals surface area (Å²) in [6, 6.07) is 3.02. The number of rotatable bonds is 7. The molecule has 1 aromatic rings. The Balaban J connectivity index is 3.05. The molecule has 0 saturated heterocycles. The monoisotopic (exact) mass is 349 g/mol. The van der Waals surface area contributed by atoms with Crippen molar-refractivity contribution in [1.82, 2.24) is 0 Å². The summed E-state index contributed by atoms with van der Waals surface area (Å²) in [5.74, 6) is 1.87. The summed E-state index contributed by atoms with van der Waals surface area (Å²) in [4.78, 5) is 10.6. The number of benzene rings is 1. The molecule has 5 nitrogen and oxygen atoms in total. The van der Waals surface area contributed by atoms with Crippen LogP contribution in [0.25, 0.3) is 0 Å². The molecule has 0 aliphatic heterocycles. The molecule has 0 amide bonds. The van der Waals surface area contributed by atoms with Crippen molar-refractivity contribution in [3.05, 3.63) is 32.3 Å². The van der Waals surface area contributed by atoms with Gasteiger partial charge in [-0.25, -0.2) is 0 Å². The van der Waals surface area contributed by atoms with Gasteiger partial charge in [0.15, 0.2) is 0 Å². The lowest BCUT2D eigenvalue weighted by atomic mass is 10.1. The van der Waals surface area contributed by atoms with Crippen LogP contribution >= 0.6 is 27.7 Å². The van der Waals surface area contributed by atoms with E-state index in [0.717, 1.165) is 11.5 Å². The molecule has 0 fully saturated rings. The SMILES string of the molecule is CCSCCOc1c([C@@H](C)O)cc(Br)cc1[N+](=O)[O-]. The van der Waals surface area contributed by atoms with E-state index < -0.39 is 11.0 Å². The van der Waals surface area contributed by atoms with Gasteiger partial charge in [-0.15, -0.1) is 0 Å². The number of nitro groups is 1. The average molecular weight is 350 g/mol. The zero-order valence-corrected chi connectivity index (χ0v) is 13.2. The van der Waals surface area contributed by atoms with Crippen LogP contribution in [0.2, 0.25) is 0 Å². The highest BCUT2D eigenvalue weighted by molar-refractivity contribution is 9.10. The molecule has 0 saturated carbocycles. The van der Waals surface area contributed by atoms with Gasteiger partial charge in [0.05, 0.1) is 17.6 Å². The Kier molecular flexibility index (Phi) is 6.60. The van der Waals surface area contributed by atoms with Crippen LogP contribution < -0.4 is 4.74 Å². The number of aliphatic hydroxyl groups excluding tert-OH is 1. The Morgan fingerprint density at radius 2 is 2.26 bits per heavy atom. The second-order valence-corrected chi connectivity index (χ2v) is 6.13. The van der Waals surface area contributed by atoms with Gasteiger partial charge >= 0.3 is 5.69 Å². The van der Waals surface area contributed by atoms with Gasteiger partial charge in [0.1, 0.15) is 0 Å². The van der Waals surface area contributed by atoms with E-state index in [1.807, 2.05) is 6.92 Å². The first-order valence-corrected chi connectivity index (χ1v) is 7.78. The second kappa shape index (κ2) is 7.72. The van der Waals surface area contributed by atoms with Gasteiger partial charge in [-0.2, -0.15) is 11.8 Å². The summed E-state index contributed by atoms with van der Waals surface area (Å²) in [7, 11) is 0. The molecule has 7 heteroatoms. The third kappa shape index (κ3) is 4.67. The number of nitro benzene ring substituents is 1. The van der Waals surface area contributed by atoms with Crippen LogP contribution in [-0.2, 0) is 0 Å². The highest BCUT2D eigenvalue weighted by Crippen LogP contribution is 2.37. The summed E-state index contributed by atoms with van der Waals surface area (Å²) >= 11 is 4.89. The summed E-state index contributed by atoms with van der Waals surface area (Å²) in [5.41, 5.74) is 0.286. The maximum absolute atomic E-state index is 11.1. The Morgan fingerprint density at radius 3 is 2.79 bits per heavy atom. The summed E-state index contributed by atoms with van der Waals surface area (Å²) in [6.07, 6.45) is -0.829. The number of halogens is 1. The van der Waals surface area contributed by atoms with Gasteiger partial charge < -0.3 is 9.84 Å². The molecule has 1 atom stereocenters. The molecular weight excluding hydrogens is 334 g/mol. The van der Waals surface area contributed by atoms with Crippen LogP contribution in [0.5, 0.6) is 5.75 Å². The summed E-state index contributed by atoms with van der Waals surface area (Å²) < 4.78 is 6.05.